The standard InChI is InChI=1S/C22H34N2O8/c25-19(29-15-7-17-31-21(27)23-11-3-1-4-12-23)9-10-20(26)30-16-8-18-32-22(28)24-13-5-2-6-14-24/h9-10H,1-8,11-18H2/b10-9+. The minimum Gasteiger partial charge on any atom is -0.462 e. The number of carbonyl (C=O) groups excluding carboxylic acids is 4. The van der Waals surface area contributed by atoms with Gasteiger partial charge in [0.2, 0.25) is 0 Å². The first kappa shape index (κ1) is 25.5. The van der Waals surface area contributed by atoms with Crippen molar-refractivity contribution in [2.75, 3.05) is 52.6 Å². The first-order valence-electron chi connectivity index (χ1n) is 11.4. The van der Waals surface area contributed by atoms with Crippen LogP contribution in [-0.2, 0) is 28.5 Å². The van der Waals surface area contributed by atoms with Crippen molar-refractivity contribution in [2.45, 2.75) is 51.4 Å². The molecule has 0 aromatic rings. The van der Waals surface area contributed by atoms with Crippen molar-refractivity contribution in [3.8, 4) is 0 Å². The quantitative estimate of drug-likeness (QED) is 0.214. The van der Waals surface area contributed by atoms with Crippen LogP contribution in [0.4, 0.5) is 9.59 Å². The third-order valence-corrected chi connectivity index (χ3v) is 5.10. The van der Waals surface area contributed by atoms with Gasteiger partial charge in [0.25, 0.3) is 0 Å². The molecule has 0 radical (unpaired) electrons. The molecule has 2 aliphatic rings. The van der Waals surface area contributed by atoms with Gasteiger partial charge in [0, 0.05) is 51.2 Å². The highest BCUT2D eigenvalue weighted by atomic mass is 16.6. The number of hydrogen-bond acceptors (Lipinski definition) is 8. The Balaban J connectivity index is 1.44. The molecule has 2 heterocycles. The van der Waals surface area contributed by atoms with Crippen molar-refractivity contribution in [1.29, 1.82) is 0 Å². The normalized spacial score (nSPS) is 16.5. The highest BCUT2D eigenvalue weighted by molar-refractivity contribution is 5.91. The van der Waals surface area contributed by atoms with E-state index in [1.54, 1.807) is 9.80 Å². The maximum Gasteiger partial charge on any atom is 0.409 e. The summed E-state index contributed by atoms with van der Waals surface area (Å²) in [6, 6.07) is 0. The molecule has 0 bridgehead atoms. The summed E-state index contributed by atoms with van der Waals surface area (Å²) in [5.74, 6) is -1.36. The van der Waals surface area contributed by atoms with E-state index in [2.05, 4.69) is 0 Å². The van der Waals surface area contributed by atoms with Gasteiger partial charge in [0.05, 0.1) is 26.4 Å². The van der Waals surface area contributed by atoms with E-state index in [1.165, 1.54) is 0 Å². The van der Waals surface area contributed by atoms with Gasteiger partial charge in [-0.1, -0.05) is 0 Å². The summed E-state index contributed by atoms with van der Waals surface area (Å²) < 4.78 is 20.2. The Labute approximate surface area is 188 Å². The molecular weight excluding hydrogens is 420 g/mol. The molecule has 32 heavy (non-hydrogen) atoms. The second-order valence-electron chi connectivity index (χ2n) is 7.70. The maximum absolute atomic E-state index is 11.8. The van der Waals surface area contributed by atoms with E-state index in [1.807, 2.05) is 0 Å². The lowest BCUT2D eigenvalue weighted by Crippen LogP contribution is -2.36. The lowest BCUT2D eigenvalue weighted by Gasteiger charge is -2.25. The molecule has 10 nitrogen and oxygen atoms in total. The number of rotatable bonds is 10. The average molecular weight is 455 g/mol. The van der Waals surface area contributed by atoms with Crippen molar-refractivity contribution in [3.05, 3.63) is 12.2 Å². The predicted molar refractivity (Wildman–Crippen MR) is 114 cm³/mol. The van der Waals surface area contributed by atoms with Crippen LogP contribution in [0, 0.1) is 0 Å². The Morgan fingerprint density at radius 3 is 1.25 bits per heavy atom. The van der Waals surface area contributed by atoms with Crippen LogP contribution >= 0.6 is 0 Å². The van der Waals surface area contributed by atoms with Crippen LogP contribution in [0.1, 0.15) is 51.4 Å². The third kappa shape index (κ3) is 10.5. The van der Waals surface area contributed by atoms with Crippen LogP contribution in [0.3, 0.4) is 0 Å². The molecule has 0 N–H and O–H groups in total. The molecule has 0 atom stereocenters. The molecule has 2 aliphatic heterocycles. The number of nitrogens with zero attached hydrogens (tertiary/aromatic N) is 2. The fourth-order valence-corrected chi connectivity index (χ4v) is 3.35. The number of ether oxygens (including phenoxy) is 4. The van der Waals surface area contributed by atoms with Crippen molar-refractivity contribution in [2.24, 2.45) is 0 Å². The van der Waals surface area contributed by atoms with Gasteiger partial charge in [-0.25, -0.2) is 19.2 Å². The smallest absolute Gasteiger partial charge is 0.409 e. The van der Waals surface area contributed by atoms with Crippen LogP contribution in [-0.4, -0.2) is 86.5 Å². The lowest BCUT2D eigenvalue weighted by molar-refractivity contribution is -0.140. The van der Waals surface area contributed by atoms with E-state index >= 15 is 0 Å². The van der Waals surface area contributed by atoms with E-state index in [0.717, 1.165) is 76.9 Å². The monoisotopic (exact) mass is 454 g/mol. The van der Waals surface area contributed by atoms with E-state index in [4.69, 9.17) is 18.9 Å². The highest BCUT2D eigenvalue weighted by Gasteiger charge is 2.18. The van der Waals surface area contributed by atoms with Gasteiger partial charge in [-0.05, 0) is 38.5 Å². The van der Waals surface area contributed by atoms with Crippen LogP contribution in [0.5, 0.6) is 0 Å². The number of likely N-dealkylation sites (tertiary alicyclic amines) is 2. The largest absolute Gasteiger partial charge is 0.462 e. The van der Waals surface area contributed by atoms with E-state index < -0.39 is 11.9 Å². The summed E-state index contributed by atoms with van der Waals surface area (Å²) in [4.78, 5) is 50.2. The Bertz CT molecular complexity index is 586. The molecule has 2 amide bonds. The molecule has 0 aromatic carbocycles. The first-order chi connectivity index (χ1) is 15.6. The van der Waals surface area contributed by atoms with Crippen LogP contribution in [0.25, 0.3) is 0 Å². The van der Waals surface area contributed by atoms with Gasteiger partial charge in [-0.15, -0.1) is 0 Å². The minimum atomic E-state index is -0.681. The van der Waals surface area contributed by atoms with Crippen LogP contribution in [0.15, 0.2) is 12.2 Å². The fourth-order valence-electron chi connectivity index (χ4n) is 3.35. The topological polar surface area (TPSA) is 112 Å². The van der Waals surface area contributed by atoms with Gasteiger partial charge in [-0.2, -0.15) is 0 Å². The SMILES string of the molecule is O=C(/C=C/C(=O)OCCCOC(=O)N1CCCCC1)OCCCOC(=O)N1CCCCC1. The average Bonchev–Trinajstić information content (AvgIpc) is 2.83. The summed E-state index contributed by atoms with van der Waals surface area (Å²) >= 11 is 0. The summed E-state index contributed by atoms with van der Waals surface area (Å²) in [7, 11) is 0. The Hall–Kier alpha value is -2.78. The highest BCUT2D eigenvalue weighted by Crippen LogP contribution is 2.10. The molecule has 0 unspecified atom stereocenters. The van der Waals surface area contributed by atoms with E-state index in [-0.39, 0.29) is 38.6 Å². The van der Waals surface area contributed by atoms with Crippen molar-refractivity contribution in [1.82, 2.24) is 9.80 Å². The predicted octanol–water partition coefficient (Wildman–Crippen LogP) is 2.65. The van der Waals surface area contributed by atoms with Crippen LogP contribution in [0.2, 0.25) is 0 Å². The zero-order chi connectivity index (χ0) is 23.0. The Kier molecular flexibility index (Phi) is 12.0. The zero-order valence-electron chi connectivity index (χ0n) is 18.6. The lowest BCUT2D eigenvalue weighted by atomic mass is 10.1. The second-order valence-corrected chi connectivity index (χ2v) is 7.70. The second kappa shape index (κ2) is 15.1. The number of esters is 2. The first-order valence-corrected chi connectivity index (χ1v) is 11.4. The van der Waals surface area contributed by atoms with Crippen molar-refractivity contribution in [3.63, 3.8) is 0 Å². The van der Waals surface area contributed by atoms with Gasteiger partial charge >= 0.3 is 24.1 Å². The number of carbonyl (C=O) groups is 4. The Morgan fingerprint density at radius 2 is 0.875 bits per heavy atom. The van der Waals surface area contributed by atoms with Gasteiger partial charge in [0.1, 0.15) is 0 Å². The summed E-state index contributed by atoms with van der Waals surface area (Å²) in [5, 5.41) is 0. The van der Waals surface area contributed by atoms with E-state index in [9.17, 15) is 19.2 Å². The fraction of sp³-hybridized carbons (Fsp3) is 0.727. The molecule has 180 valence electrons. The molecule has 2 fully saturated rings. The summed E-state index contributed by atoms with van der Waals surface area (Å²) in [6.45, 7) is 3.36. The van der Waals surface area contributed by atoms with Gasteiger partial charge in [0.15, 0.2) is 0 Å². The number of hydrogen-bond donors (Lipinski definition) is 0. The molecular formula is C22H34N2O8. The molecule has 0 spiro atoms. The third-order valence-electron chi connectivity index (χ3n) is 5.10. The van der Waals surface area contributed by atoms with Crippen molar-refractivity contribution < 1.29 is 38.1 Å². The van der Waals surface area contributed by atoms with Gasteiger partial charge in [-0.3, -0.25) is 0 Å². The molecule has 0 aromatic heterocycles. The van der Waals surface area contributed by atoms with E-state index in [0.29, 0.717) is 12.8 Å². The summed E-state index contributed by atoms with van der Waals surface area (Å²) in [6.07, 6.45) is 8.29. The Morgan fingerprint density at radius 1 is 0.531 bits per heavy atom. The van der Waals surface area contributed by atoms with Crippen LogP contribution < -0.4 is 0 Å². The minimum absolute atomic E-state index is 0.0773. The van der Waals surface area contributed by atoms with Gasteiger partial charge < -0.3 is 28.7 Å². The zero-order valence-corrected chi connectivity index (χ0v) is 18.6. The molecule has 0 saturated carbocycles. The summed E-state index contributed by atoms with van der Waals surface area (Å²) in [5.41, 5.74) is 0. The molecule has 10 heteroatoms. The molecule has 2 saturated heterocycles. The number of amides is 2. The molecule has 0 aliphatic carbocycles. The molecule has 2 rings (SSSR count). The maximum atomic E-state index is 11.8. The van der Waals surface area contributed by atoms with Crippen molar-refractivity contribution >= 4 is 24.1 Å². The number of piperidine rings is 2.